The van der Waals surface area contributed by atoms with Crippen LogP contribution < -0.4 is 0 Å². The molecule has 0 unspecified atom stereocenters. The van der Waals surface area contributed by atoms with Gasteiger partial charge in [0.25, 0.3) is 0 Å². The van der Waals surface area contributed by atoms with Gasteiger partial charge in [-0.1, -0.05) is 6.92 Å². The summed E-state index contributed by atoms with van der Waals surface area (Å²) in [7, 11) is 0. The van der Waals surface area contributed by atoms with Gasteiger partial charge in [-0.05, 0) is 12.5 Å². The van der Waals surface area contributed by atoms with Crippen LogP contribution in [0.1, 0.15) is 13.3 Å². The number of aliphatic imine (C=N–C) groups is 1. The van der Waals surface area contributed by atoms with Crippen LogP contribution in [0.3, 0.4) is 0 Å². The molecule has 0 amide bonds. The highest BCUT2D eigenvalue weighted by molar-refractivity contribution is 5.57. The molecule has 0 aliphatic carbocycles. The van der Waals surface area contributed by atoms with E-state index in [-0.39, 0.29) is 0 Å². The Bertz CT molecular complexity index is 127. The van der Waals surface area contributed by atoms with Gasteiger partial charge in [-0.25, -0.2) is 4.99 Å². The lowest BCUT2D eigenvalue weighted by Gasteiger charge is -2.17. The molecule has 1 rings (SSSR count). The third-order valence-electron chi connectivity index (χ3n) is 1.27. The molecule has 2 heteroatoms. The van der Waals surface area contributed by atoms with Crippen molar-refractivity contribution in [3.05, 3.63) is 12.3 Å². The Morgan fingerprint density at radius 3 is 3.11 bits per heavy atom. The first-order valence-electron chi connectivity index (χ1n) is 3.36. The molecule has 0 bridgehead atoms. The molecule has 1 heterocycles. The Kier molecular flexibility index (Phi) is 2.31. The number of hydrogen-bond acceptors (Lipinski definition) is 2. The van der Waals surface area contributed by atoms with Crippen LogP contribution in [0.4, 0.5) is 0 Å². The van der Waals surface area contributed by atoms with Crippen LogP contribution in [-0.2, 0) is 0 Å². The lowest BCUT2D eigenvalue weighted by molar-refractivity contribution is 0.468. The van der Waals surface area contributed by atoms with Gasteiger partial charge in [-0.3, -0.25) is 0 Å². The van der Waals surface area contributed by atoms with Gasteiger partial charge in [0.05, 0.1) is 6.34 Å². The summed E-state index contributed by atoms with van der Waals surface area (Å²) in [5, 5.41) is 0. The molecule has 0 saturated carbocycles. The molecule has 9 heavy (non-hydrogen) atoms. The summed E-state index contributed by atoms with van der Waals surface area (Å²) in [6.07, 6.45) is 6.99. The second-order valence-electron chi connectivity index (χ2n) is 2.14. The Morgan fingerprint density at radius 1 is 1.67 bits per heavy atom. The third kappa shape index (κ3) is 1.88. The summed E-state index contributed by atoms with van der Waals surface area (Å²) in [6.45, 7) is 4.32. The maximum absolute atomic E-state index is 4.00. The van der Waals surface area contributed by atoms with E-state index in [1.165, 1.54) is 6.42 Å². The van der Waals surface area contributed by atoms with Gasteiger partial charge < -0.3 is 4.90 Å². The monoisotopic (exact) mass is 124 g/mol. The molecule has 0 atom stereocenters. The van der Waals surface area contributed by atoms with Crippen molar-refractivity contribution in [3.63, 3.8) is 0 Å². The summed E-state index contributed by atoms with van der Waals surface area (Å²) in [4.78, 5) is 6.19. The highest BCUT2D eigenvalue weighted by Gasteiger charge is 1.95. The van der Waals surface area contributed by atoms with E-state index in [1.54, 1.807) is 0 Å². The van der Waals surface area contributed by atoms with E-state index in [9.17, 15) is 0 Å². The molecular weight excluding hydrogens is 112 g/mol. The van der Waals surface area contributed by atoms with Crippen molar-refractivity contribution >= 4 is 6.34 Å². The minimum Gasteiger partial charge on any atom is -0.359 e. The molecule has 0 aromatic heterocycles. The van der Waals surface area contributed by atoms with Crippen molar-refractivity contribution < 1.29 is 0 Å². The molecule has 50 valence electrons. The maximum Gasteiger partial charge on any atom is 0.0907 e. The summed E-state index contributed by atoms with van der Waals surface area (Å²) in [5.74, 6) is 0. The minimum atomic E-state index is 1.03. The predicted octanol–water partition coefficient (Wildman–Crippen LogP) is 1.25. The van der Waals surface area contributed by atoms with E-state index in [4.69, 9.17) is 0 Å². The average Bonchev–Trinajstić information content (AvgIpc) is 1.91. The third-order valence-corrected chi connectivity index (χ3v) is 1.27. The standard InChI is InChI=1S/C7H12N2/c1-2-5-9-6-3-4-8-7-9/h3-4,7H,2,5-6H2,1H3. The van der Waals surface area contributed by atoms with Crippen molar-refractivity contribution in [3.8, 4) is 0 Å². The first kappa shape index (κ1) is 6.33. The fourth-order valence-electron chi connectivity index (χ4n) is 0.860. The summed E-state index contributed by atoms with van der Waals surface area (Å²) >= 11 is 0. The van der Waals surface area contributed by atoms with Crippen LogP contribution in [-0.4, -0.2) is 24.3 Å². The van der Waals surface area contributed by atoms with Crippen LogP contribution in [0.2, 0.25) is 0 Å². The van der Waals surface area contributed by atoms with Gasteiger partial charge in [0, 0.05) is 19.3 Å². The molecule has 2 nitrogen and oxygen atoms in total. The predicted molar refractivity (Wildman–Crippen MR) is 39.5 cm³/mol. The zero-order valence-electron chi connectivity index (χ0n) is 5.75. The second kappa shape index (κ2) is 3.28. The molecule has 0 aromatic carbocycles. The molecule has 0 N–H and O–H groups in total. The van der Waals surface area contributed by atoms with Gasteiger partial charge >= 0.3 is 0 Å². The van der Waals surface area contributed by atoms with Gasteiger partial charge in [-0.2, -0.15) is 0 Å². The number of nitrogens with zero attached hydrogens (tertiary/aromatic N) is 2. The lowest BCUT2D eigenvalue weighted by atomic mass is 10.4. The molecular formula is C7H12N2. The van der Waals surface area contributed by atoms with Gasteiger partial charge in [-0.15, -0.1) is 0 Å². The smallest absolute Gasteiger partial charge is 0.0907 e. The first-order chi connectivity index (χ1) is 4.43. The van der Waals surface area contributed by atoms with E-state index < -0.39 is 0 Å². The highest BCUT2D eigenvalue weighted by atomic mass is 15.1. The molecule has 0 saturated heterocycles. The van der Waals surface area contributed by atoms with Crippen molar-refractivity contribution in [2.75, 3.05) is 13.1 Å². The van der Waals surface area contributed by atoms with Crippen molar-refractivity contribution in [1.82, 2.24) is 4.90 Å². The molecule has 0 aromatic rings. The van der Waals surface area contributed by atoms with Gasteiger partial charge in [0.2, 0.25) is 0 Å². The second-order valence-corrected chi connectivity index (χ2v) is 2.14. The van der Waals surface area contributed by atoms with E-state index in [1.807, 2.05) is 12.5 Å². The molecule has 0 fully saturated rings. The summed E-state index contributed by atoms with van der Waals surface area (Å²) in [6, 6.07) is 0. The van der Waals surface area contributed by atoms with Crippen LogP contribution >= 0.6 is 0 Å². The van der Waals surface area contributed by atoms with Crippen molar-refractivity contribution in [2.24, 2.45) is 4.99 Å². The first-order valence-corrected chi connectivity index (χ1v) is 3.36. The van der Waals surface area contributed by atoms with E-state index in [0.717, 1.165) is 13.1 Å². The Labute approximate surface area is 55.9 Å². The van der Waals surface area contributed by atoms with Crippen molar-refractivity contribution in [1.29, 1.82) is 0 Å². The number of hydrogen-bond donors (Lipinski definition) is 0. The lowest BCUT2D eigenvalue weighted by Crippen LogP contribution is -2.24. The Morgan fingerprint density at radius 2 is 2.56 bits per heavy atom. The van der Waals surface area contributed by atoms with Crippen molar-refractivity contribution in [2.45, 2.75) is 13.3 Å². The zero-order chi connectivity index (χ0) is 6.53. The quantitative estimate of drug-likeness (QED) is 0.541. The molecule has 0 radical (unpaired) electrons. The molecule has 0 spiro atoms. The van der Waals surface area contributed by atoms with Crippen LogP contribution in [0, 0.1) is 0 Å². The summed E-state index contributed by atoms with van der Waals surface area (Å²) in [5.41, 5.74) is 0. The van der Waals surface area contributed by atoms with Crippen LogP contribution in [0.15, 0.2) is 17.3 Å². The average molecular weight is 124 g/mol. The van der Waals surface area contributed by atoms with Crippen LogP contribution in [0.25, 0.3) is 0 Å². The number of rotatable bonds is 2. The van der Waals surface area contributed by atoms with E-state index in [0.29, 0.717) is 0 Å². The SMILES string of the molecule is CCCN1C=NC=CC1. The topological polar surface area (TPSA) is 15.6 Å². The van der Waals surface area contributed by atoms with Crippen LogP contribution in [0.5, 0.6) is 0 Å². The highest BCUT2D eigenvalue weighted by Crippen LogP contribution is 1.93. The Hall–Kier alpha value is -0.790. The fourth-order valence-corrected chi connectivity index (χ4v) is 0.860. The van der Waals surface area contributed by atoms with E-state index in [2.05, 4.69) is 22.9 Å². The van der Waals surface area contributed by atoms with Gasteiger partial charge in [0.1, 0.15) is 0 Å². The Balaban J connectivity index is 2.28. The maximum atomic E-state index is 4.00. The largest absolute Gasteiger partial charge is 0.359 e. The van der Waals surface area contributed by atoms with E-state index >= 15 is 0 Å². The fraction of sp³-hybridized carbons (Fsp3) is 0.571. The molecule has 1 aliphatic heterocycles. The van der Waals surface area contributed by atoms with Gasteiger partial charge in [0.15, 0.2) is 0 Å². The zero-order valence-corrected chi connectivity index (χ0v) is 5.75. The molecule has 1 aliphatic rings. The summed E-state index contributed by atoms with van der Waals surface area (Å²) < 4.78 is 0. The normalized spacial score (nSPS) is 16.8. The minimum absolute atomic E-state index is 1.03.